The Labute approximate surface area is 172 Å². The number of benzene rings is 4. The number of hydrogen-bond donors (Lipinski definition) is 0. The summed E-state index contributed by atoms with van der Waals surface area (Å²) < 4.78 is 0. The van der Waals surface area contributed by atoms with Gasteiger partial charge in [-0.05, 0) is 75.9 Å². The average molecular weight is 373 g/mol. The lowest BCUT2D eigenvalue weighted by molar-refractivity contribution is 0.663. The second-order valence-corrected chi connectivity index (χ2v) is 8.59. The lowest BCUT2D eigenvalue weighted by Gasteiger charge is -2.21. The first-order valence-corrected chi connectivity index (χ1v) is 10.6. The molecule has 29 heavy (non-hydrogen) atoms. The number of rotatable bonds is 2. The highest BCUT2D eigenvalue weighted by molar-refractivity contribution is 5.84. The van der Waals surface area contributed by atoms with Crippen LogP contribution in [-0.2, 0) is 0 Å². The lowest BCUT2D eigenvalue weighted by atomic mass is 9.82. The van der Waals surface area contributed by atoms with Crippen LogP contribution in [0.1, 0.15) is 51.6 Å². The fourth-order valence-corrected chi connectivity index (χ4v) is 5.82. The summed E-state index contributed by atoms with van der Waals surface area (Å²) in [7, 11) is 0. The summed E-state index contributed by atoms with van der Waals surface area (Å²) in [4.78, 5) is 0. The highest BCUT2D eigenvalue weighted by atomic mass is 14.4. The topological polar surface area (TPSA) is 0 Å². The Morgan fingerprint density at radius 2 is 0.897 bits per heavy atom. The predicted octanol–water partition coefficient (Wildman–Crippen LogP) is 7.62. The molecule has 0 bridgehead atoms. The molecule has 2 aliphatic rings. The smallest absolute Gasteiger partial charge is 0.0111 e. The van der Waals surface area contributed by atoms with Crippen molar-refractivity contribution >= 4 is 0 Å². The zero-order valence-electron chi connectivity index (χ0n) is 16.9. The third kappa shape index (κ3) is 2.32. The Kier molecular flexibility index (Phi) is 3.59. The molecule has 0 radical (unpaired) electrons. The Morgan fingerprint density at radius 1 is 0.483 bits per heavy atom. The quantitative estimate of drug-likeness (QED) is 0.339. The van der Waals surface area contributed by atoms with Gasteiger partial charge in [0.2, 0.25) is 0 Å². The van der Waals surface area contributed by atoms with Crippen molar-refractivity contribution < 1.29 is 0 Å². The largest absolute Gasteiger partial charge is 0.0619 e. The highest BCUT2D eigenvalue weighted by Crippen LogP contribution is 2.54. The van der Waals surface area contributed by atoms with Crippen LogP contribution >= 0.6 is 0 Å². The van der Waals surface area contributed by atoms with Gasteiger partial charge in [0, 0.05) is 11.8 Å². The van der Waals surface area contributed by atoms with Crippen molar-refractivity contribution in [2.24, 2.45) is 0 Å². The fourth-order valence-electron chi connectivity index (χ4n) is 5.82. The van der Waals surface area contributed by atoms with E-state index in [1.165, 1.54) is 55.6 Å². The van der Waals surface area contributed by atoms with Crippen molar-refractivity contribution in [3.8, 4) is 22.3 Å². The third-order valence-corrected chi connectivity index (χ3v) is 7.04. The molecule has 0 fully saturated rings. The molecule has 0 aromatic heterocycles. The van der Waals surface area contributed by atoms with E-state index < -0.39 is 0 Å². The number of aryl methyl sites for hydroxylation is 2. The summed E-state index contributed by atoms with van der Waals surface area (Å²) in [5, 5.41) is 0. The van der Waals surface area contributed by atoms with E-state index in [1.807, 2.05) is 0 Å². The number of hydrogen-bond acceptors (Lipinski definition) is 0. The fraction of sp³-hybridized carbons (Fsp3) is 0.172. The molecule has 0 saturated heterocycles. The van der Waals surface area contributed by atoms with E-state index in [2.05, 4.69) is 98.8 Å². The minimum Gasteiger partial charge on any atom is -0.0619 e. The van der Waals surface area contributed by atoms with Crippen LogP contribution in [-0.4, -0.2) is 0 Å². The van der Waals surface area contributed by atoms with Crippen molar-refractivity contribution in [2.45, 2.75) is 32.1 Å². The van der Waals surface area contributed by atoms with Gasteiger partial charge in [-0.3, -0.25) is 0 Å². The molecule has 0 nitrogen and oxygen atoms in total. The Hall–Kier alpha value is -3.12. The van der Waals surface area contributed by atoms with E-state index in [0.29, 0.717) is 11.8 Å². The minimum atomic E-state index is 0.448. The molecule has 0 spiro atoms. The molecular weight excluding hydrogens is 348 g/mol. The summed E-state index contributed by atoms with van der Waals surface area (Å²) in [6.07, 6.45) is 1.13. The van der Waals surface area contributed by atoms with E-state index in [1.54, 1.807) is 0 Å². The standard InChI is InChI=1S/C29H24/c1-18-9-7-15-24-27(25-16-8-10-19(2)29(25)28(18)24)17-26-22-13-5-3-11-20(22)21-12-4-6-14-23(21)26/h3-16,26-27H,17H2,1-2H3. The first kappa shape index (κ1) is 16.8. The van der Waals surface area contributed by atoms with E-state index in [9.17, 15) is 0 Å². The van der Waals surface area contributed by atoms with Gasteiger partial charge in [0.15, 0.2) is 0 Å². The van der Waals surface area contributed by atoms with Gasteiger partial charge in [0.05, 0.1) is 0 Å². The molecular formula is C29H24. The molecule has 140 valence electrons. The van der Waals surface area contributed by atoms with Gasteiger partial charge in [0.25, 0.3) is 0 Å². The maximum Gasteiger partial charge on any atom is 0.0111 e. The lowest BCUT2D eigenvalue weighted by Crippen LogP contribution is -2.05. The summed E-state index contributed by atoms with van der Waals surface area (Å²) in [5.74, 6) is 0.899. The molecule has 6 rings (SSSR count). The zero-order valence-corrected chi connectivity index (χ0v) is 16.9. The maximum absolute atomic E-state index is 2.36. The van der Waals surface area contributed by atoms with E-state index in [0.717, 1.165) is 6.42 Å². The SMILES string of the molecule is Cc1cccc2c1-c1c(C)cccc1C2CC1c2ccccc2-c2ccccc21. The van der Waals surface area contributed by atoms with Crippen molar-refractivity contribution in [3.05, 3.63) is 118 Å². The normalized spacial score (nSPS) is 14.4. The van der Waals surface area contributed by atoms with E-state index in [-0.39, 0.29) is 0 Å². The van der Waals surface area contributed by atoms with Crippen molar-refractivity contribution in [1.82, 2.24) is 0 Å². The molecule has 4 aromatic rings. The predicted molar refractivity (Wildman–Crippen MR) is 122 cm³/mol. The van der Waals surface area contributed by atoms with Crippen molar-refractivity contribution in [1.29, 1.82) is 0 Å². The zero-order chi connectivity index (χ0) is 19.5. The van der Waals surface area contributed by atoms with Crippen LogP contribution in [0.2, 0.25) is 0 Å². The van der Waals surface area contributed by atoms with Crippen LogP contribution < -0.4 is 0 Å². The summed E-state index contributed by atoms with van der Waals surface area (Å²) in [6.45, 7) is 4.52. The number of fused-ring (bicyclic) bond motifs is 6. The first-order chi connectivity index (χ1) is 14.2. The molecule has 0 amide bonds. The molecule has 0 aliphatic heterocycles. The monoisotopic (exact) mass is 372 g/mol. The van der Waals surface area contributed by atoms with E-state index in [4.69, 9.17) is 0 Å². The van der Waals surface area contributed by atoms with Crippen LogP contribution in [0, 0.1) is 13.8 Å². The third-order valence-electron chi connectivity index (χ3n) is 7.04. The summed E-state index contributed by atoms with van der Waals surface area (Å²) in [5.41, 5.74) is 14.6. The van der Waals surface area contributed by atoms with Crippen LogP contribution in [0.5, 0.6) is 0 Å². The first-order valence-electron chi connectivity index (χ1n) is 10.6. The van der Waals surface area contributed by atoms with Gasteiger partial charge in [-0.25, -0.2) is 0 Å². The Balaban J connectivity index is 1.53. The van der Waals surface area contributed by atoms with Crippen molar-refractivity contribution in [3.63, 3.8) is 0 Å². The van der Waals surface area contributed by atoms with Gasteiger partial charge in [0.1, 0.15) is 0 Å². The molecule has 0 heteroatoms. The van der Waals surface area contributed by atoms with Gasteiger partial charge >= 0.3 is 0 Å². The van der Waals surface area contributed by atoms with Crippen LogP contribution in [0.25, 0.3) is 22.3 Å². The Bertz CT molecular complexity index is 1160. The highest BCUT2D eigenvalue weighted by Gasteiger charge is 2.36. The molecule has 0 atom stereocenters. The maximum atomic E-state index is 2.36. The van der Waals surface area contributed by atoms with Gasteiger partial charge in [-0.15, -0.1) is 0 Å². The van der Waals surface area contributed by atoms with Gasteiger partial charge in [-0.2, -0.15) is 0 Å². The molecule has 2 aliphatic carbocycles. The van der Waals surface area contributed by atoms with Crippen LogP contribution in [0.15, 0.2) is 84.9 Å². The van der Waals surface area contributed by atoms with Gasteiger partial charge < -0.3 is 0 Å². The van der Waals surface area contributed by atoms with Crippen LogP contribution in [0.4, 0.5) is 0 Å². The second-order valence-electron chi connectivity index (χ2n) is 8.59. The van der Waals surface area contributed by atoms with Crippen molar-refractivity contribution in [2.75, 3.05) is 0 Å². The summed E-state index contributed by atoms with van der Waals surface area (Å²) >= 11 is 0. The van der Waals surface area contributed by atoms with Crippen LogP contribution in [0.3, 0.4) is 0 Å². The summed E-state index contributed by atoms with van der Waals surface area (Å²) in [6, 6.07) is 31.7. The Morgan fingerprint density at radius 3 is 1.41 bits per heavy atom. The minimum absolute atomic E-state index is 0.448. The molecule has 0 heterocycles. The molecule has 0 saturated carbocycles. The molecule has 4 aromatic carbocycles. The molecule has 0 N–H and O–H groups in total. The van der Waals surface area contributed by atoms with Gasteiger partial charge in [-0.1, -0.05) is 84.9 Å². The average Bonchev–Trinajstić information content (AvgIpc) is 3.24. The second kappa shape index (κ2) is 6.19. The van der Waals surface area contributed by atoms with E-state index >= 15 is 0 Å². The molecule has 0 unspecified atom stereocenters.